The van der Waals surface area contributed by atoms with E-state index in [0.29, 0.717) is 13.2 Å². The highest BCUT2D eigenvalue weighted by molar-refractivity contribution is 5.63. The lowest BCUT2D eigenvalue weighted by Gasteiger charge is -2.12. The van der Waals surface area contributed by atoms with Crippen LogP contribution in [0.25, 0.3) is 11.1 Å². The summed E-state index contributed by atoms with van der Waals surface area (Å²) < 4.78 is 12.0. The number of rotatable bonds is 8. The van der Waals surface area contributed by atoms with Crippen LogP contribution >= 0.6 is 0 Å². The zero-order valence-corrected chi connectivity index (χ0v) is 16.3. The molecule has 4 aromatic carbocycles. The van der Waals surface area contributed by atoms with Gasteiger partial charge in [-0.3, -0.25) is 0 Å². The molecule has 0 spiro atoms. The molecule has 0 aliphatic rings. The van der Waals surface area contributed by atoms with Crippen molar-refractivity contribution >= 4 is 0 Å². The fourth-order valence-electron chi connectivity index (χ4n) is 3.17. The third-order valence-electron chi connectivity index (χ3n) is 4.72. The Hall–Kier alpha value is -3.52. The molecule has 4 aromatic rings. The van der Waals surface area contributed by atoms with Gasteiger partial charge in [-0.05, 0) is 46.5 Å². The maximum atomic E-state index is 6.03. The average Bonchev–Trinajstić information content (AvgIpc) is 2.80. The minimum atomic E-state index is 0.566. The van der Waals surface area contributed by atoms with Crippen LogP contribution in [-0.2, 0) is 13.0 Å². The maximum Gasteiger partial charge on any atom is 0.123 e. The van der Waals surface area contributed by atoms with Gasteiger partial charge in [0.25, 0.3) is 0 Å². The van der Waals surface area contributed by atoms with Crippen LogP contribution in [0, 0.1) is 6.07 Å². The molecule has 0 aliphatic carbocycles. The van der Waals surface area contributed by atoms with Crippen LogP contribution < -0.4 is 9.47 Å². The van der Waals surface area contributed by atoms with Crippen molar-refractivity contribution in [3.8, 4) is 22.6 Å². The van der Waals surface area contributed by atoms with Crippen LogP contribution in [0.1, 0.15) is 11.1 Å². The molecule has 2 heteroatoms. The van der Waals surface area contributed by atoms with Gasteiger partial charge < -0.3 is 9.47 Å². The topological polar surface area (TPSA) is 18.5 Å². The van der Waals surface area contributed by atoms with Gasteiger partial charge in [-0.15, -0.1) is 0 Å². The van der Waals surface area contributed by atoms with Crippen LogP contribution in [0.4, 0.5) is 0 Å². The van der Waals surface area contributed by atoms with Gasteiger partial charge >= 0.3 is 0 Å². The molecule has 0 N–H and O–H groups in total. The standard InChI is InChI=1S/C27H23O2/c1-3-9-22(10-4-1)21-29-27-14-8-7-13-25(27)19-20-28-26-17-15-24(16-18-26)23-11-5-2-6-12-23/h1-11,13-18H,19-21H2. The van der Waals surface area contributed by atoms with Crippen molar-refractivity contribution < 1.29 is 9.47 Å². The van der Waals surface area contributed by atoms with E-state index >= 15 is 0 Å². The average molecular weight is 379 g/mol. The second-order valence-corrected chi connectivity index (χ2v) is 6.78. The summed E-state index contributed by atoms with van der Waals surface area (Å²) in [6.45, 7) is 1.17. The van der Waals surface area contributed by atoms with Gasteiger partial charge in [0.05, 0.1) is 6.61 Å². The number of hydrogen-bond donors (Lipinski definition) is 0. The van der Waals surface area contributed by atoms with E-state index < -0.39 is 0 Å². The quantitative estimate of drug-likeness (QED) is 0.355. The highest BCUT2D eigenvalue weighted by Crippen LogP contribution is 2.23. The predicted molar refractivity (Wildman–Crippen MR) is 117 cm³/mol. The minimum absolute atomic E-state index is 0.566. The third kappa shape index (κ3) is 5.26. The Morgan fingerprint density at radius 1 is 0.655 bits per heavy atom. The molecule has 0 bridgehead atoms. The van der Waals surface area contributed by atoms with Gasteiger partial charge in [-0.25, -0.2) is 0 Å². The second-order valence-electron chi connectivity index (χ2n) is 6.78. The molecule has 1 radical (unpaired) electrons. The Morgan fingerprint density at radius 3 is 2.21 bits per heavy atom. The number of benzene rings is 4. The first kappa shape index (κ1) is 18.8. The first-order chi connectivity index (χ1) is 14.4. The van der Waals surface area contributed by atoms with Gasteiger partial charge in [0, 0.05) is 6.42 Å². The fourth-order valence-corrected chi connectivity index (χ4v) is 3.17. The molecule has 0 saturated carbocycles. The first-order valence-electron chi connectivity index (χ1n) is 9.83. The first-order valence-corrected chi connectivity index (χ1v) is 9.83. The molecule has 0 atom stereocenters. The lowest BCUT2D eigenvalue weighted by molar-refractivity contribution is 0.293. The monoisotopic (exact) mass is 379 g/mol. The van der Waals surface area contributed by atoms with Crippen molar-refractivity contribution in [1.82, 2.24) is 0 Å². The van der Waals surface area contributed by atoms with E-state index in [4.69, 9.17) is 9.47 Å². The summed E-state index contributed by atoms with van der Waals surface area (Å²) in [5.74, 6) is 1.78. The third-order valence-corrected chi connectivity index (χ3v) is 4.72. The van der Waals surface area contributed by atoms with E-state index in [1.165, 1.54) is 0 Å². The molecular weight excluding hydrogens is 356 g/mol. The summed E-state index contributed by atoms with van der Waals surface area (Å²) in [5, 5.41) is 0. The highest BCUT2D eigenvalue weighted by Gasteiger charge is 2.05. The summed E-state index contributed by atoms with van der Waals surface area (Å²) in [6.07, 6.45) is 0.791. The van der Waals surface area contributed by atoms with Crippen molar-refractivity contribution in [3.05, 3.63) is 120 Å². The summed E-state index contributed by atoms with van der Waals surface area (Å²) in [7, 11) is 0. The lowest BCUT2D eigenvalue weighted by atomic mass is 10.1. The summed E-state index contributed by atoms with van der Waals surface area (Å²) in [5.41, 5.74) is 4.54. The molecular formula is C27H23O2. The van der Waals surface area contributed by atoms with E-state index in [1.54, 1.807) is 0 Å². The summed E-state index contributed by atoms with van der Waals surface area (Å²) in [6, 6.07) is 37.7. The van der Waals surface area contributed by atoms with E-state index in [0.717, 1.165) is 40.2 Å². The SMILES string of the molecule is [c]1ccccc1-c1ccc(OCCc2ccccc2OCc2ccccc2)cc1. The van der Waals surface area contributed by atoms with E-state index in [2.05, 4.69) is 42.5 Å². The summed E-state index contributed by atoms with van der Waals surface area (Å²) >= 11 is 0. The zero-order chi connectivity index (χ0) is 19.7. The Balaban J connectivity index is 1.32. The number of para-hydroxylation sites is 1. The van der Waals surface area contributed by atoms with E-state index in [9.17, 15) is 0 Å². The fraction of sp³-hybridized carbons (Fsp3) is 0.111. The summed E-state index contributed by atoms with van der Waals surface area (Å²) in [4.78, 5) is 0. The Bertz CT molecular complexity index is 1010. The number of ether oxygens (including phenoxy) is 2. The molecule has 0 saturated heterocycles. The maximum absolute atomic E-state index is 6.03. The molecule has 4 rings (SSSR count). The second kappa shape index (κ2) is 9.61. The van der Waals surface area contributed by atoms with Crippen molar-refractivity contribution in [2.45, 2.75) is 13.0 Å². The van der Waals surface area contributed by atoms with Gasteiger partial charge in [0.15, 0.2) is 0 Å². The van der Waals surface area contributed by atoms with Crippen LogP contribution in [0.2, 0.25) is 0 Å². The normalized spacial score (nSPS) is 10.5. The van der Waals surface area contributed by atoms with Crippen molar-refractivity contribution in [2.24, 2.45) is 0 Å². The Morgan fingerprint density at radius 2 is 1.41 bits per heavy atom. The molecule has 0 aromatic heterocycles. The predicted octanol–water partition coefficient (Wildman–Crippen LogP) is 6.35. The van der Waals surface area contributed by atoms with Crippen LogP contribution in [0.3, 0.4) is 0 Å². The van der Waals surface area contributed by atoms with E-state index in [-0.39, 0.29) is 0 Å². The zero-order valence-electron chi connectivity index (χ0n) is 16.3. The molecule has 0 unspecified atom stereocenters. The molecule has 0 fully saturated rings. The largest absolute Gasteiger partial charge is 0.493 e. The van der Waals surface area contributed by atoms with Gasteiger partial charge in [-0.1, -0.05) is 84.9 Å². The smallest absolute Gasteiger partial charge is 0.123 e. The number of hydrogen-bond acceptors (Lipinski definition) is 2. The molecule has 143 valence electrons. The Labute approximate surface area is 172 Å². The van der Waals surface area contributed by atoms with Gasteiger partial charge in [0.1, 0.15) is 18.1 Å². The van der Waals surface area contributed by atoms with Crippen LogP contribution in [0.5, 0.6) is 11.5 Å². The van der Waals surface area contributed by atoms with Gasteiger partial charge in [0.2, 0.25) is 0 Å². The molecule has 29 heavy (non-hydrogen) atoms. The van der Waals surface area contributed by atoms with Crippen molar-refractivity contribution in [3.63, 3.8) is 0 Å². The lowest BCUT2D eigenvalue weighted by Crippen LogP contribution is -2.04. The van der Waals surface area contributed by atoms with Crippen molar-refractivity contribution in [2.75, 3.05) is 6.61 Å². The van der Waals surface area contributed by atoms with Crippen LogP contribution in [0.15, 0.2) is 103 Å². The minimum Gasteiger partial charge on any atom is -0.493 e. The molecule has 0 heterocycles. The molecule has 0 aliphatic heterocycles. The van der Waals surface area contributed by atoms with Crippen molar-refractivity contribution in [1.29, 1.82) is 0 Å². The molecule has 2 nitrogen and oxygen atoms in total. The molecule has 0 amide bonds. The van der Waals surface area contributed by atoms with E-state index in [1.807, 2.05) is 66.7 Å². The highest BCUT2D eigenvalue weighted by atomic mass is 16.5. The van der Waals surface area contributed by atoms with Gasteiger partial charge in [-0.2, -0.15) is 0 Å². The Kier molecular flexibility index (Phi) is 6.24. The van der Waals surface area contributed by atoms with Crippen LogP contribution in [-0.4, -0.2) is 6.61 Å².